The van der Waals surface area contributed by atoms with E-state index in [1.54, 1.807) is 6.20 Å². The first-order valence-electron chi connectivity index (χ1n) is 6.79. The molecule has 1 amide bonds. The SMILES string of the molecule is CCn1ccnc1NC(C)C(=O)N1CCCCC1. The van der Waals surface area contributed by atoms with Gasteiger partial charge in [-0.3, -0.25) is 4.79 Å². The first-order chi connectivity index (χ1) is 8.72. The molecular formula is C13H22N4O. The maximum absolute atomic E-state index is 12.3. The van der Waals surface area contributed by atoms with Crippen molar-refractivity contribution in [2.75, 3.05) is 18.4 Å². The third-order valence-electron chi connectivity index (χ3n) is 3.44. The molecule has 1 aliphatic heterocycles. The number of aryl methyl sites for hydroxylation is 1. The van der Waals surface area contributed by atoms with Gasteiger partial charge in [-0.1, -0.05) is 0 Å². The number of amides is 1. The van der Waals surface area contributed by atoms with E-state index in [1.807, 2.05) is 22.6 Å². The van der Waals surface area contributed by atoms with Gasteiger partial charge in [0.25, 0.3) is 0 Å². The van der Waals surface area contributed by atoms with Crippen molar-refractivity contribution >= 4 is 11.9 Å². The molecule has 1 fully saturated rings. The van der Waals surface area contributed by atoms with E-state index in [-0.39, 0.29) is 11.9 Å². The number of rotatable bonds is 4. The Hall–Kier alpha value is -1.52. The van der Waals surface area contributed by atoms with Gasteiger partial charge in [0, 0.05) is 32.0 Å². The van der Waals surface area contributed by atoms with Crippen molar-refractivity contribution in [1.29, 1.82) is 0 Å². The number of imidazole rings is 1. The topological polar surface area (TPSA) is 50.2 Å². The van der Waals surface area contributed by atoms with Crippen LogP contribution in [0.2, 0.25) is 0 Å². The molecule has 1 aromatic heterocycles. The van der Waals surface area contributed by atoms with Gasteiger partial charge in [0.05, 0.1) is 0 Å². The molecule has 0 spiro atoms. The van der Waals surface area contributed by atoms with Gasteiger partial charge in [0.15, 0.2) is 0 Å². The highest BCUT2D eigenvalue weighted by atomic mass is 16.2. The number of hydrogen-bond donors (Lipinski definition) is 1. The predicted octanol–water partition coefficient (Wildman–Crippen LogP) is 1.72. The Morgan fingerprint density at radius 3 is 2.83 bits per heavy atom. The zero-order valence-electron chi connectivity index (χ0n) is 11.2. The summed E-state index contributed by atoms with van der Waals surface area (Å²) >= 11 is 0. The molecule has 1 aliphatic rings. The van der Waals surface area contributed by atoms with Crippen LogP contribution in [0.4, 0.5) is 5.95 Å². The number of likely N-dealkylation sites (tertiary alicyclic amines) is 1. The summed E-state index contributed by atoms with van der Waals surface area (Å²) in [4.78, 5) is 18.4. The molecular weight excluding hydrogens is 228 g/mol. The first kappa shape index (κ1) is 12.9. The van der Waals surface area contributed by atoms with Crippen molar-refractivity contribution in [1.82, 2.24) is 14.5 Å². The summed E-state index contributed by atoms with van der Waals surface area (Å²) in [7, 11) is 0. The number of carbonyl (C=O) groups excluding carboxylic acids is 1. The van der Waals surface area contributed by atoms with Gasteiger partial charge >= 0.3 is 0 Å². The minimum Gasteiger partial charge on any atom is -0.344 e. The summed E-state index contributed by atoms with van der Waals surface area (Å²) in [5.74, 6) is 0.954. The van der Waals surface area contributed by atoms with Crippen LogP contribution in [0.25, 0.3) is 0 Å². The molecule has 2 heterocycles. The molecule has 0 radical (unpaired) electrons. The molecule has 5 heteroatoms. The molecule has 18 heavy (non-hydrogen) atoms. The maximum Gasteiger partial charge on any atom is 0.244 e. The first-order valence-corrected chi connectivity index (χ1v) is 6.79. The Labute approximate surface area is 108 Å². The van der Waals surface area contributed by atoms with Gasteiger partial charge in [-0.15, -0.1) is 0 Å². The molecule has 0 aromatic carbocycles. The van der Waals surface area contributed by atoms with Gasteiger partial charge in [0.2, 0.25) is 11.9 Å². The average Bonchev–Trinajstić information content (AvgIpc) is 2.86. The van der Waals surface area contributed by atoms with Crippen LogP contribution in [0.5, 0.6) is 0 Å². The third-order valence-corrected chi connectivity index (χ3v) is 3.44. The lowest BCUT2D eigenvalue weighted by Gasteiger charge is -2.29. The third kappa shape index (κ3) is 2.83. The van der Waals surface area contributed by atoms with Crippen LogP contribution in [0.1, 0.15) is 33.1 Å². The van der Waals surface area contributed by atoms with Gasteiger partial charge in [0.1, 0.15) is 6.04 Å². The second kappa shape index (κ2) is 5.89. The van der Waals surface area contributed by atoms with Crippen molar-refractivity contribution in [3.63, 3.8) is 0 Å². The molecule has 1 N–H and O–H groups in total. The number of anilines is 1. The number of nitrogens with one attached hydrogen (secondary N) is 1. The lowest BCUT2D eigenvalue weighted by Crippen LogP contribution is -2.44. The highest BCUT2D eigenvalue weighted by molar-refractivity contribution is 5.83. The second-order valence-electron chi connectivity index (χ2n) is 4.79. The van der Waals surface area contributed by atoms with Crippen LogP contribution >= 0.6 is 0 Å². The molecule has 1 aromatic rings. The fourth-order valence-electron chi connectivity index (χ4n) is 2.35. The number of hydrogen-bond acceptors (Lipinski definition) is 3. The average molecular weight is 250 g/mol. The zero-order valence-corrected chi connectivity index (χ0v) is 11.2. The minimum atomic E-state index is -0.212. The van der Waals surface area contributed by atoms with Crippen LogP contribution in [0, 0.1) is 0 Å². The Morgan fingerprint density at radius 1 is 1.44 bits per heavy atom. The Bertz CT molecular complexity index is 395. The highest BCUT2D eigenvalue weighted by Gasteiger charge is 2.22. The molecule has 0 saturated carbocycles. The summed E-state index contributed by atoms with van der Waals surface area (Å²) in [6.45, 7) is 6.61. The quantitative estimate of drug-likeness (QED) is 0.885. The fraction of sp³-hybridized carbons (Fsp3) is 0.692. The van der Waals surface area contributed by atoms with Gasteiger partial charge < -0.3 is 14.8 Å². The highest BCUT2D eigenvalue weighted by Crippen LogP contribution is 2.12. The summed E-state index contributed by atoms with van der Waals surface area (Å²) < 4.78 is 2.00. The lowest BCUT2D eigenvalue weighted by atomic mass is 10.1. The summed E-state index contributed by atoms with van der Waals surface area (Å²) in [6, 6.07) is -0.212. The number of aromatic nitrogens is 2. The maximum atomic E-state index is 12.3. The summed E-state index contributed by atoms with van der Waals surface area (Å²) in [6.07, 6.45) is 7.17. The molecule has 1 saturated heterocycles. The molecule has 2 rings (SSSR count). The van der Waals surface area contributed by atoms with E-state index in [0.717, 1.165) is 38.4 Å². The Balaban J connectivity index is 1.94. The molecule has 5 nitrogen and oxygen atoms in total. The smallest absolute Gasteiger partial charge is 0.244 e. The van der Waals surface area contributed by atoms with E-state index < -0.39 is 0 Å². The van der Waals surface area contributed by atoms with E-state index in [4.69, 9.17) is 0 Å². The van der Waals surface area contributed by atoms with Crippen LogP contribution in [-0.4, -0.2) is 39.5 Å². The molecule has 0 bridgehead atoms. The Kier molecular flexibility index (Phi) is 4.23. The van der Waals surface area contributed by atoms with Crippen molar-refractivity contribution in [2.24, 2.45) is 0 Å². The van der Waals surface area contributed by atoms with Crippen LogP contribution in [-0.2, 0) is 11.3 Å². The monoisotopic (exact) mass is 250 g/mol. The predicted molar refractivity (Wildman–Crippen MR) is 71.4 cm³/mol. The Morgan fingerprint density at radius 2 is 2.17 bits per heavy atom. The van der Waals surface area contributed by atoms with Crippen LogP contribution in [0.15, 0.2) is 12.4 Å². The largest absolute Gasteiger partial charge is 0.344 e. The van der Waals surface area contributed by atoms with Crippen molar-refractivity contribution < 1.29 is 4.79 Å². The second-order valence-corrected chi connectivity index (χ2v) is 4.79. The minimum absolute atomic E-state index is 0.181. The van der Waals surface area contributed by atoms with Crippen LogP contribution < -0.4 is 5.32 Å². The van der Waals surface area contributed by atoms with Crippen molar-refractivity contribution in [2.45, 2.75) is 45.7 Å². The van der Waals surface area contributed by atoms with Gasteiger partial charge in [-0.2, -0.15) is 0 Å². The van der Waals surface area contributed by atoms with E-state index in [0.29, 0.717) is 0 Å². The normalized spacial score (nSPS) is 17.6. The van der Waals surface area contributed by atoms with Crippen LogP contribution in [0.3, 0.4) is 0 Å². The summed E-state index contributed by atoms with van der Waals surface area (Å²) in [5, 5.41) is 3.20. The zero-order chi connectivity index (χ0) is 13.0. The standard InChI is InChI=1S/C13H22N4O/c1-3-16-10-7-14-13(16)15-11(2)12(18)17-8-5-4-6-9-17/h7,10-11H,3-6,8-9H2,1-2H3,(H,14,15). The molecule has 1 unspecified atom stereocenters. The molecule has 1 atom stereocenters. The van der Waals surface area contributed by atoms with E-state index in [9.17, 15) is 4.79 Å². The number of carbonyl (C=O) groups is 1. The van der Waals surface area contributed by atoms with Crippen molar-refractivity contribution in [3.05, 3.63) is 12.4 Å². The molecule has 100 valence electrons. The van der Waals surface area contributed by atoms with E-state index in [1.165, 1.54) is 6.42 Å². The summed E-state index contributed by atoms with van der Waals surface area (Å²) in [5.41, 5.74) is 0. The van der Waals surface area contributed by atoms with E-state index >= 15 is 0 Å². The van der Waals surface area contributed by atoms with Crippen molar-refractivity contribution in [3.8, 4) is 0 Å². The van der Waals surface area contributed by atoms with E-state index in [2.05, 4.69) is 17.2 Å². The van der Waals surface area contributed by atoms with Gasteiger partial charge in [-0.05, 0) is 33.1 Å². The van der Waals surface area contributed by atoms with Gasteiger partial charge in [-0.25, -0.2) is 4.98 Å². The number of piperidine rings is 1. The fourth-order valence-corrected chi connectivity index (χ4v) is 2.35. The number of nitrogens with zero attached hydrogens (tertiary/aromatic N) is 3. The molecule has 0 aliphatic carbocycles. The lowest BCUT2D eigenvalue weighted by molar-refractivity contribution is -0.132.